The summed E-state index contributed by atoms with van der Waals surface area (Å²) in [6.07, 6.45) is 3.57. The summed E-state index contributed by atoms with van der Waals surface area (Å²) in [6.45, 7) is 9.33. The van der Waals surface area contributed by atoms with E-state index in [9.17, 15) is 9.59 Å². The molecule has 0 spiro atoms. The Morgan fingerprint density at radius 2 is 1.44 bits per heavy atom. The predicted molar refractivity (Wildman–Crippen MR) is 74.2 cm³/mol. The van der Waals surface area contributed by atoms with Crippen LogP contribution >= 0.6 is 0 Å². The van der Waals surface area contributed by atoms with Crippen LogP contribution in [-0.2, 0) is 9.59 Å². The van der Waals surface area contributed by atoms with Crippen molar-refractivity contribution in [2.45, 2.75) is 53.4 Å². The number of carbonyl (C=O) groups excluding carboxylic acids is 2. The molecule has 106 valence electrons. The maximum absolute atomic E-state index is 11.3. The molecule has 0 radical (unpaired) electrons. The molecule has 0 saturated heterocycles. The van der Waals surface area contributed by atoms with Crippen molar-refractivity contribution >= 4 is 11.8 Å². The topological polar surface area (TPSA) is 58.2 Å². The van der Waals surface area contributed by atoms with Crippen LogP contribution in [0.4, 0.5) is 0 Å². The summed E-state index contributed by atoms with van der Waals surface area (Å²) in [5.41, 5.74) is 0. The molecule has 0 aromatic rings. The van der Waals surface area contributed by atoms with E-state index in [1.807, 2.05) is 27.7 Å². The Morgan fingerprint density at radius 1 is 0.889 bits per heavy atom. The number of nitrogens with one attached hydrogen (secondary N) is 2. The van der Waals surface area contributed by atoms with E-state index in [0.29, 0.717) is 12.3 Å². The fraction of sp³-hybridized carbons (Fsp3) is 0.857. The third kappa shape index (κ3) is 10.1. The molecule has 18 heavy (non-hydrogen) atoms. The monoisotopic (exact) mass is 256 g/mol. The lowest BCUT2D eigenvalue weighted by atomic mass is 10.1. The Hall–Kier alpha value is -1.06. The zero-order valence-corrected chi connectivity index (χ0v) is 12.2. The lowest BCUT2D eigenvalue weighted by Crippen LogP contribution is -2.29. The SMILES string of the molecule is CC(C)CC(=O)NCCCCCNC(=O)C(C)C. The van der Waals surface area contributed by atoms with E-state index in [0.717, 1.165) is 32.4 Å². The van der Waals surface area contributed by atoms with Crippen LogP contribution < -0.4 is 10.6 Å². The van der Waals surface area contributed by atoms with Gasteiger partial charge in [0.2, 0.25) is 11.8 Å². The average Bonchev–Trinajstić information content (AvgIpc) is 2.26. The van der Waals surface area contributed by atoms with Crippen LogP contribution in [-0.4, -0.2) is 24.9 Å². The Bertz CT molecular complexity index is 250. The molecule has 2 N–H and O–H groups in total. The van der Waals surface area contributed by atoms with Gasteiger partial charge in [0.15, 0.2) is 0 Å². The van der Waals surface area contributed by atoms with Crippen molar-refractivity contribution < 1.29 is 9.59 Å². The normalized spacial score (nSPS) is 10.8. The first kappa shape index (κ1) is 16.9. The number of hydrogen-bond acceptors (Lipinski definition) is 2. The van der Waals surface area contributed by atoms with Gasteiger partial charge in [-0.05, 0) is 25.2 Å². The second-order valence-corrected chi connectivity index (χ2v) is 5.45. The number of carbonyl (C=O) groups is 2. The molecule has 0 aromatic heterocycles. The summed E-state index contributed by atoms with van der Waals surface area (Å²) < 4.78 is 0. The summed E-state index contributed by atoms with van der Waals surface area (Å²) in [5.74, 6) is 0.718. The van der Waals surface area contributed by atoms with Gasteiger partial charge in [-0.15, -0.1) is 0 Å². The third-order valence-corrected chi connectivity index (χ3v) is 2.59. The molecule has 0 bridgehead atoms. The van der Waals surface area contributed by atoms with Crippen molar-refractivity contribution in [2.75, 3.05) is 13.1 Å². The van der Waals surface area contributed by atoms with Gasteiger partial charge < -0.3 is 10.6 Å². The first-order valence-electron chi connectivity index (χ1n) is 6.98. The van der Waals surface area contributed by atoms with E-state index in [1.165, 1.54) is 0 Å². The molecule has 0 aliphatic carbocycles. The third-order valence-electron chi connectivity index (χ3n) is 2.59. The van der Waals surface area contributed by atoms with Crippen molar-refractivity contribution in [3.8, 4) is 0 Å². The van der Waals surface area contributed by atoms with Gasteiger partial charge in [-0.2, -0.15) is 0 Å². The maximum Gasteiger partial charge on any atom is 0.222 e. The highest BCUT2D eigenvalue weighted by atomic mass is 16.2. The molecule has 0 saturated carbocycles. The summed E-state index contributed by atoms with van der Waals surface area (Å²) in [5, 5.41) is 5.79. The fourth-order valence-electron chi connectivity index (χ4n) is 1.51. The molecule has 4 heteroatoms. The minimum atomic E-state index is 0.0559. The largest absolute Gasteiger partial charge is 0.356 e. The molecule has 0 rings (SSSR count). The zero-order valence-electron chi connectivity index (χ0n) is 12.2. The van der Waals surface area contributed by atoms with Crippen LogP contribution in [0.25, 0.3) is 0 Å². The molecule has 0 fully saturated rings. The number of rotatable bonds is 9. The van der Waals surface area contributed by atoms with Gasteiger partial charge in [-0.25, -0.2) is 0 Å². The fourth-order valence-corrected chi connectivity index (χ4v) is 1.51. The number of amides is 2. The quantitative estimate of drug-likeness (QED) is 0.621. The predicted octanol–water partition coefficient (Wildman–Crippen LogP) is 2.09. The Morgan fingerprint density at radius 3 is 1.94 bits per heavy atom. The van der Waals surface area contributed by atoms with Gasteiger partial charge in [0, 0.05) is 25.4 Å². The van der Waals surface area contributed by atoms with Gasteiger partial charge in [-0.1, -0.05) is 27.7 Å². The Labute approximate surface area is 111 Å². The van der Waals surface area contributed by atoms with Crippen LogP contribution in [0.1, 0.15) is 53.4 Å². The zero-order chi connectivity index (χ0) is 14.0. The molecule has 0 atom stereocenters. The minimum Gasteiger partial charge on any atom is -0.356 e. The van der Waals surface area contributed by atoms with E-state index in [4.69, 9.17) is 0 Å². The second kappa shape index (κ2) is 9.92. The minimum absolute atomic E-state index is 0.0559. The van der Waals surface area contributed by atoms with E-state index in [1.54, 1.807) is 0 Å². The smallest absolute Gasteiger partial charge is 0.222 e. The van der Waals surface area contributed by atoms with Crippen LogP contribution in [0.2, 0.25) is 0 Å². The van der Waals surface area contributed by atoms with E-state index in [2.05, 4.69) is 10.6 Å². The van der Waals surface area contributed by atoms with Crippen LogP contribution in [0.3, 0.4) is 0 Å². The Balaban J connectivity index is 3.31. The number of hydrogen-bond donors (Lipinski definition) is 2. The highest BCUT2D eigenvalue weighted by Crippen LogP contribution is 1.99. The van der Waals surface area contributed by atoms with Gasteiger partial charge in [0.1, 0.15) is 0 Å². The maximum atomic E-state index is 11.3. The van der Waals surface area contributed by atoms with Gasteiger partial charge in [-0.3, -0.25) is 9.59 Å². The molecule has 2 amide bonds. The van der Waals surface area contributed by atoms with Crippen LogP contribution in [0.5, 0.6) is 0 Å². The lowest BCUT2D eigenvalue weighted by molar-refractivity contribution is -0.124. The van der Waals surface area contributed by atoms with Gasteiger partial charge >= 0.3 is 0 Å². The van der Waals surface area contributed by atoms with E-state index in [-0.39, 0.29) is 17.7 Å². The molecule has 0 aliphatic rings. The summed E-state index contributed by atoms with van der Waals surface area (Å²) in [4.78, 5) is 22.6. The molecule has 0 heterocycles. The van der Waals surface area contributed by atoms with Crippen molar-refractivity contribution in [1.29, 1.82) is 0 Å². The highest BCUT2D eigenvalue weighted by molar-refractivity contribution is 5.77. The van der Waals surface area contributed by atoms with Gasteiger partial charge in [0.05, 0.1) is 0 Å². The molecule has 4 nitrogen and oxygen atoms in total. The van der Waals surface area contributed by atoms with Gasteiger partial charge in [0.25, 0.3) is 0 Å². The lowest BCUT2D eigenvalue weighted by Gasteiger charge is -2.08. The molecule has 0 aromatic carbocycles. The van der Waals surface area contributed by atoms with Crippen LogP contribution in [0.15, 0.2) is 0 Å². The number of unbranched alkanes of at least 4 members (excludes halogenated alkanes) is 2. The molecule has 0 aliphatic heterocycles. The highest BCUT2D eigenvalue weighted by Gasteiger charge is 2.05. The molecular weight excluding hydrogens is 228 g/mol. The van der Waals surface area contributed by atoms with Crippen molar-refractivity contribution in [2.24, 2.45) is 11.8 Å². The van der Waals surface area contributed by atoms with Crippen molar-refractivity contribution in [3.05, 3.63) is 0 Å². The molecular formula is C14H28N2O2. The molecule has 0 unspecified atom stereocenters. The van der Waals surface area contributed by atoms with Crippen molar-refractivity contribution in [1.82, 2.24) is 10.6 Å². The first-order valence-corrected chi connectivity index (χ1v) is 6.98. The first-order chi connectivity index (χ1) is 8.43. The second-order valence-electron chi connectivity index (χ2n) is 5.45. The summed E-state index contributed by atoms with van der Waals surface area (Å²) in [6, 6.07) is 0. The van der Waals surface area contributed by atoms with E-state index < -0.39 is 0 Å². The summed E-state index contributed by atoms with van der Waals surface area (Å²) >= 11 is 0. The summed E-state index contributed by atoms with van der Waals surface area (Å²) in [7, 11) is 0. The standard InChI is InChI=1S/C14H28N2O2/c1-11(2)10-13(17)15-8-6-5-7-9-16-14(18)12(3)4/h11-12H,5-10H2,1-4H3,(H,15,17)(H,16,18). The van der Waals surface area contributed by atoms with E-state index >= 15 is 0 Å². The average molecular weight is 256 g/mol. The van der Waals surface area contributed by atoms with Crippen molar-refractivity contribution in [3.63, 3.8) is 0 Å². The Kier molecular flexibility index (Phi) is 9.33. The van der Waals surface area contributed by atoms with Crippen LogP contribution in [0, 0.1) is 11.8 Å².